The van der Waals surface area contributed by atoms with Gasteiger partial charge in [-0.1, -0.05) is 78.9 Å². The molecule has 0 radical (unpaired) electrons. The number of amides is 1. The van der Waals surface area contributed by atoms with Crippen molar-refractivity contribution >= 4 is 17.7 Å². The number of allylic oxidation sites excluding steroid dienone is 1. The van der Waals surface area contributed by atoms with Crippen molar-refractivity contribution in [2.45, 2.75) is 12.5 Å². The van der Waals surface area contributed by atoms with Crippen LogP contribution < -0.4 is 4.90 Å². The molecule has 0 spiro atoms. The van der Waals surface area contributed by atoms with E-state index in [1.165, 1.54) is 11.0 Å². The number of anilines is 1. The van der Waals surface area contributed by atoms with Crippen molar-refractivity contribution in [3.05, 3.63) is 119 Å². The van der Waals surface area contributed by atoms with E-state index in [2.05, 4.69) is 0 Å². The molecule has 0 saturated carbocycles. The van der Waals surface area contributed by atoms with Crippen LogP contribution in [0.5, 0.6) is 0 Å². The highest BCUT2D eigenvalue weighted by Crippen LogP contribution is 2.42. The lowest BCUT2D eigenvalue weighted by Gasteiger charge is -2.27. The minimum Gasteiger partial charge on any atom is -0.503 e. The Morgan fingerprint density at radius 1 is 0.897 bits per heavy atom. The number of rotatable bonds is 5. The minimum atomic E-state index is -0.702. The second-order valence-electron chi connectivity index (χ2n) is 6.83. The molecule has 3 aromatic rings. The van der Waals surface area contributed by atoms with E-state index < -0.39 is 17.8 Å². The number of aliphatic hydroxyl groups excluding tert-OH is 1. The fourth-order valence-corrected chi connectivity index (χ4v) is 3.63. The first kappa shape index (κ1) is 18.7. The number of hydrogen-bond donors (Lipinski definition) is 1. The maximum absolute atomic E-state index is 14.7. The topological polar surface area (TPSA) is 40.5 Å². The molecule has 1 aliphatic heterocycles. The van der Waals surface area contributed by atoms with Gasteiger partial charge >= 0.3 is 0 Å². The lowest BCUT2D eigenvalue weighted by atomic mass is 9.95. The smallest absolute Gasteiger partial charge is 0.293 e. The number of hydrogen-bond acceptors (Lipinski definition) is 2. The Kier molecular flexibility index (Phi) is 5.25. The number of halogens is 1. The Hall–Kier alpha value is -3.66. The molecule has 3 aromatic carbocycles. The van der Waals surface area contributed by atoms with Crippen molar-refractivity contribution in [2.75, 3.05) is 4.90 Å². The van der Waals surface area contributed by atoms with Gasteiger partial charge in [0.2, 0.25) is 0 Å². The van der Waals surface area contributed by atoms with Crippen LogP contribution in [0.15, 0.2) is 102 Å². The Labute approximate surface area is 169 Å². The molecule has 144 valence electrons. The van der Waals surface area contributed by atoms with Gasteiger partial charge in [-0.3, -0.25) is 9.69 Å². The zero-order valence-electron chi connectivity index (χ0n) is 15.7. The van der Waals surface area contributed by atoms with Crippen LogP contribution in [-0.4, -0.2) is 11.0 Å². The van der Waals surface area contributed by atoms with E-state index in [0.717, 1.165) is 5.56 Å². The number of aliphatic hydroxyl groups is 1. The van der Waals surface area contributed by atoms with Crippen molar-refractivity contribution in [2.24, 2.45) is 0 Å². The highest BCUT2D eigenvalue weighted by atomic mass is 19.1. The van der Waals surface area contributed by atoms with Gasteiger partial charge in [-0.2, -0.15) is 0 Å². The lowest BCUT2D eigenvalue weighted by molar-refractivity contribution is -0.117. The summed E-state index contributed by atoms with van der Waals surface area (Å²) < 4.78 is 14.7. The van der Waals surface area contributed by atoms with E-state index in [4.69, 9.17) is 0 Å². The largest absolute Gasteiger partial charge is 0.503 e. The van der Waals surface area contributed by atoms with Crippen LogP contribution in [-0.2, 0) is 4.79 Å². The molecular formula is C25H20FNO2. The van der Waals surface area contributed by atoms with E-state index in [1.54, 1.807) is 30.3 Å². The highest BCUT2D eigenvalue weighted by Gasteiger charge is 2.41. The SMILES string of the molecule is O=C1C(O)=C(CC=Cc2ccccc2)C(c2ccccc2F)N1c1ccccc1. The molecule has 1 N–H and O–H groups in total. The Morgan fingerprint density at radius 2 is 1.52 bits per heavy atom. The average Bonchev–Trinajstić information content (AvgIpc) is 3.00. The summed E-state index contributed by atoms with van der Waals surface area (Å²) in [5, 5.41) is 10.6. The molecular weight excluding hydrogens is 365 g/mol. The molecule has 0 fully saturated rings. The molecule has 0 saturated heterocycles. The Balaban J connectivity index is 1.74. The summed E-state index contributed by atoms with van der Waals surface area (Å²) in [6, 6.07) is 24.4. The summed E-state index contributed by atoms with van der Waals surface area (Å²) in [4.78, 5) is 14.4. The predicted octanol–water partition coefficient (Wildman–Crippen LogP) is 5.83. The third-order valence-electron chi connectivity index (χ3n) is 5.00. The molecule has 0 bridgehead atoms. The third-order valence-corrected chi connectivity index (χ3v) is 5.00. The Morgan fingerprint density at radius 3 is 2.21 bits per heavy atom. The van der Waals surface area contributed by atoms with Crippen molar-refractivity contribution in [1.82, 2.24) is 0 Å². The maximum atomic E-state index is 14.7. The first-order valence-corrected chi connectivity index (χ1v) is 9.43. The number of nitrogens with zero attached hydrogens (tertiary/aromatic N) is 1. The van der Waals surface area contributed by atoms with Crippen LogP contribution >= 0.6 is 0 Å². The van der Waals surface area contributed by atoms with Crippen LogP contribution in [0.3, 0.4) is 0 Å². The molecule has 1 amide bonds. The van der Waals surface area contributed by atoms with Gasteiger partial charge in [-0.05, 0) is 30.2 Å². The summed E-state index contributed by atoms with van der Waals surface area (Å²) in [5.41, 5.74) is 2.46. The third kappa shape index (κ3) is 3.69. The number of carbonyl (C=O) groups excluding carboxylic acids is 1. The van der Waals surface area contributed by atoms with Crippen LogP contribution in [0, 0.1) is 5.82 Å². The second kappa shape index (κ2) is 8.15. The van der Waals surface area contributed by atoms with E-state index >= 15 is 0 Å². The fourth-order valence-electron chi connectivity index (χ4n) is 3.63. The number of benzene rings is 3. The summed E-state index contributed by atoms with van der Waals surface area (Å²) >= 11 is 0. The van der Waals surface area contributed by atoms with Gasteiger partial charge in [-0.15, -0.1) is 0 Å². The average molecular weight is 385 g/mol. The minimum absolute atomic E-state index is 0.320. The first-order chi connectivity index (χ1) is 14.2. The molecule has 0 aliphatic carbocycles. The molecule has 1 aliphatic rings. The van der Waals surface area contributed by atoms with Gasteiger partial charge < -0.3 is 5.11 Å². The van der Waals surface area contributed by atoms with Crippen LogP contribution in [0.25, 0.3) is 6.08 Å². The molecule has 29 heavy (non-hydrogen) atoms. The van der Waals surface area contributed by atoms with Crippen LogP contribution in [0.4, 0.5) is 10.1 Å². The summed E-state index contributed by atoms with van der Waals surface area (Å²) in [6.45, 7) is 0. The second-order valence-corrected chi connectivity index (χ2v) is 6.83. The van der Waals surface area contributed by atoms with E-state index in [0.29, 0.717) is 23.2 Å². The van der Waals surface area contributed by atoms with Crippen molar-refractivity contribution in [1.29, 1.82) is 0 Å². The van der Waals surface area contributed by atoms with E-state index in [-0.39, 0.29) is 5.76 Å². The van der Waals surface area contributed by atoms with Gasteiger partial charge in [0, 0.05) is 16.8 Å². The lowest BCUT2D eigenvalue weighted by Crippen LogP contribution is -2.30. The van der Waals surface area contributed by atoms with E-state index in [9.17, 15) is 14.3 Å². The number of para-hydroxylation sites is 1. The van der Waals surface area contributed by atoms with Crippen LogP contribution in [0.1, 0.15) is 23.6 Å². The monoisotopic (exact) mass is 385 g/mol. The maximum Gasteiger partial charge on any atom is 0.293 e. The van der Waals surface area contributed by atoms with Gasteiger partial charge in [0.25, 0.3) is 5.91 Å². The molecule has 1 atom stereocenters. The predicted molar refractivity (Wildman–Crippen MR) is 113 cm³/mol. The highest BCUT2D eigenvalue weighted by molar-refractivity contribution is 6.08. The molecule has 1 heterocycles. The normalized spacial score (nSPS) is 16.8. The molecule has 3 nitrogen and oxygen atoms in total. The summed E-state index contributed by atoms with van der Waals surface area (Å²) in [7, 11) is 0. The zero-order valence-corrected chi connectivity index (χ0v) is 15.7. The van der Waals surface area contributed by atoms with Gasteiger partial charge in [0.15, 0.2) is 5.76 Å². The van der Waals surface area contributed by atoms with Crippen molar-refractivity contribution in [3.8, 4) is 0 Å². The number of carbonyl (C=O) groups is 1. The fraction of sp³-hybridized carbons (Fsp3) is 0.0800. The molecule has 4 heteroatoms. The molecule has 1 unspecified atom stereocenters. The van der Waals surface area contributed by atoms with Crippen LogP contribution in [0.2, 0.25) is 0 Å². The van der Waals surface area contributed by atoms with E-state index in [1.807, 2.05) is 60.7 Å². The molecule has 0 aromatic heterocycles. The summed E-state index contributed by atoms with van der Waals surface area (Å²) in [6.07, 6.45) is 4.14. The first-order valence-electron chi connectivity index (χ1n) is 9.43. The van der Waals surface area contributed by atoms with Gasteiger partial charge in [0.05, 0.1) is 6.04 Å². The standard InChI is InChI=1S/C25H20FNO2/c26-22-17-8-7-15-20(22)23-21(16-9-12-18-10-3-1-4-11-18)24(28)25(29)27(23)19-13-5-2-6-14-19/h1-15,17,23,28H,16H2. The van der Waals surface area contributed by atoms with Gasteiger partial charge in [0.1, 0.15) is 5.82 Å². The summed E-state index contributed by atoms with van der Waals surface area (Å²) in [5.74, 6) is -1.25. The zero-order chi connectivity index (χ0) is 20.2. The quantitative estimate of drug-likeness (QED) is 0.600. The van der Waals surface area contributed by atoms with Gasteiger partial charge in [-0.25, -0.2) is 4.39 Å². The van der Waals surface area contributed by atoms with Crippen molar-refractivity contribution < 1.29 is 14.3 Å². The molecule has 4 rings (SSSR count). The Bertz CT molecular complexity index is 1070. The van der Waals surface area contributed by atoms with Crippen molar-refractivity contribution in [3.63, 3.8) is 0 Å².